The number of aryl methyl sites for hydroxylation is 1. The molecule has 1 N–H and O–H groups in total. The Kier molecular flexibility index (Phi) is 5.85. The van der Waals surface area contributed by atoms with Gasteiger partial charge in [-0.05, 0) is 48.9 Å². The van der Waals surface area contributed by atoms with E-state index in [1.807, 2.05) is 19.1 Å². The van der Waals surface area contributed by atoms with E-state index >= 15 is 0 Å². The van der Waals surface area contributed by atoms with E-state index in [-0.39, 0.29) is 22.8 Å². The average Bonchev–Trinajstić information content (AvgIpc) is 2.94. The molecular weight excluding hydrogens is 376 g/mol. The van der Waals surface area contributed by atoms with Gasteiger partial charge in [-0.2, -0.15) is 0 Å². The summed E-state index contributed by atoms with van der Waals surface area (Å²) in [5.74, 6) is 1.17. The predicted molar refractivity (Wildman–Crippen MR) is 99.2 cm³/mol. The van der Waals surface area contributed by atoms with Gasteiger partial charge < -0.3 is 9.72 Å². The van der Waals surface area contributed by atoms with E-state index in [1.165, 1.54) is 17.3 Å². The molecule has 23 heavy (non-hydrogen) atoms. The Morgan fingerprint density at radius 2 is 1.96 bits per heavy atom. The number of carbonyl (C=O) groups is 1. The van der Waals surface area contributed by atoms with Gasteiger partial charge in [0.1, 0.15) is 5.75 Å². The highest BCUT2D eigenvalue weighted by atomic mass is 79.9. The summed E-state index contributed by atoms with van der Waals surface area (Å²) in [7, 11) is 1.61. The smallest absolute Gasteiger partial charge is 0.173 e. The minimum atomic E-state index is 0. The second-order valence-corrected chi connectivity index (χ2v) is 5.97. The van der Waals surface area contributed by atoms with Crippen LogP contribution in [0.2, 0.25) is 0 Å². The van der Waals surface area contributed by atoms with Crippen LogP contribution < -0.4 is 4.74 Å². The maximum absolute atomic E-state index is 12.2. The van der Waals surface area contributed by atoms with Crippen LogP contribution in [0.3, 0.4) is 0 Å². The molecule has 120 valence electrons. The zero-order chi connectivity index (χ0) is 15.5. The molecule has 4 nitrogen and oxygen atoms in total. The number of ether oxygens (including phenoxy) is 1. The third kappa shape index (κ3) is 4.14. The van der Waals surface area contributed by atoms with E-state index in [9.17, 15) is 4.79 Å². The maximum atomic E-state index is 12.2. The first-order valence-electron chi connectivity index (χ1n) is 6.92. The number of nitrogens with zero attached hydrogens (tertiary/aromatic N) is 1. The number of Topliss-reactive ketones (excluding diaryl/α,β-unsaturated/α-hetero) is 1. The molecule has 0 amide bonds. The van der Waals surface area contributed by atoms with Crippen molar-refractivity contribution < 1.29 is 9.53 Å². The van der Waals surface area contributed by atoms with Crippen LogP contribution in [0.15, 0.2) is 47.6 Å². The number of rotatable bonds is 5. The van der Waals surface area contributed by atoms with Crippen molar-refractivity contribution in [3.8, 4) is 5.75 Å². The van der Waals surface area contributed by atoms with Gasteiger partial charge in [-0.3, -0.25) is 4.79 Å². The molecule has 0 saturated carbocycles. The lowest BCUT2D eigenvalue weighted by Crippen LogP contribution is -2.02. The Labute approximate surface area is 149 Å². The van der Waals surface area contributed by atoms with Crippen molar-refractivity contribution in [2.24, 2.45) is 0 Å². The molecule has 0 unspecified atom stereocenters. The molecule has 2 aromatic carbocycles. The standard InChI is InChI=1S/C17H16N2O2S.BrH/c1-11-3-8-14-15(9-11)19-17(18-14)22-10-16(20)12-4-6-13(21-2)7-5-12;/h3-9H,10H2,1-2H3,(H,18,19);1H. The van der Waals surface area contributed by atoms with Gasteiger partial charge in [-0.15, -0.1) is 17.0 Å². The van der Waals surface area contributed by atoms with Gasteiger partial charge in [0, 0.05) is 5.56 Å². The largest absolute Gasteiger partial charge is 0.497 e. The van der Waals surface area contributed by atoms with Gasteiger partial charge in [0.15, 0.2) is 10.9 Å². The van der Waals surface area contributed by atoms with Gasteiger partial charge in [0.25, 0.3) is 0 Å². The van der Waals surface area contributed by atoms with Crippen molar-refractivity contribution in [2.45, 2.75) is 12.1 Å². The number of imidazole rings is 1. The number of aromatic amines is 1. The molecular formula is C17H17BrN2O2S. The minimum absolute atomic E-state index is 0. The number of hydrogen-bond donors (Lipinski definition) is 1. The number of H-pyrrole nitrogens is 1. The van der Waals surface area contributed by atoms with E-state index in [0.29, 0.717) is 11.3 Å². The Morgan fingerprint density at radius 3 is 2.65 bits per heavy atom. The van der Waals surface area contributed by atoms with Crippen LogP contribution in [0.4, 0.5) is 0 Å². The Morgan fingerprint density at radius 1 is 1.22 bits per heavy atom. The molecule has 3 rings (SSSR count). The summed E-state index contributed by atoms with van der Waals surface area (Å²) in [4.78, 5) is 19.9. The summed E-state index contributed by atoms with van der Waals surface area (Å²) in [6, 6.07) is 13.2. The van der Waals surface area contributed by atoms with Crippen LogP contribution in [-0.2, 0) is 0 Å². The number of nitrogens with one attached hydrogen (secondary N) is 1. The van der Waals surface area contributed by atoms with Crippen LogP contribution in [0, 0.1) is 6.92 Å². The molecule has 0 saturated heterocycles. The molecule has 0 aliphatic carbocycles. The molecule has 0 aliphatic rings. The van der Waals surface area contributed by atoms with Crippen molar-refractivity contribution in [3.05, 3.63) is 53.6 Å². The first kappa shape index (κ1) is 17.6. The summed E-state index contributed by atoms with van der Waals surface area (Å²) >= 11 is 1.42. The van der Waals surface area contributed by atoms with E-state index in [1.54, 1.807) is 31.4 Å². The van der Waals surface area contributed by atoms with Gasteiger partial charge in [0.05, 0.1) is 23.9 Å². The van der Waals surface area contributed by atoms with Crippen LogP contribution in [0.5, 0.6) is 5.75 Å². The fourth-order valence-electron chi connectivity index (χ4n) is 2.16. The average molecular weight is 393 g/mol. The zero-order valence-corrected chi connectivity index (χ0v) is 15.4. The number of halogens is 1. The van der Waals surface area contributed by atoms with Gasteiger partial charge in [0.2, 0.25) is 0 Å². The fourth-order valence-corrected chi connectivity index (χ4v) is 2.94. The summed E-state index contributed by atoms with van der Waals surface area (Å²) in [6.45, 7) is 2.04. The number of carbonyl (C=O) groups excluding carboxylic acids is 1. The molecule has 0 fully saturated rings. The number of ketones is 1. The lowest BCUT2D eigenvalue weighted by molar-refractivity contribution is 0.102. The number of hydrogen-bond acceptors (Lipinski definition) is 4. The van der Waals surface area contributed by atoms with Crippen LogP contribution in [0.25, 0.3) is 11.0 Å². The maximum Gasteiger partial charge on any atom is 0.173 e. The van der Waals surface area contributed by atoms with Crippen LogP contribution in [-0.4, -0.2) is 28.6 Å². The first-order valence-corrected chi connectivity index (χ1v) is 7.91. The third-order valence-corrected chi connectivity index (χ3v) is 4.24. The normalized spacial score (nSPS) is 10.3. The number of methoxy groups -OCH3 is 1. The van der Waals surface area contributed by atoms with E-state index in [0.717, 1.165) is 21.9 Å². The second-order valence-electron chi connectivity index (χ2n) is 5.00. The van der Waals surface area contributed by atoms with Crippen molar-refractivity contribution in [2.75, 3.05) is 12.9 Å². The molecule has 6 heteroatoms. The summed E-state index contributed by atoms with van der Waals surface area (Å²) < 4.78 is 5.09. The lowest BCUT2D eigenvalue weighted by atomic mass is 10.1. The fraction of sp³-hybridized carbons (Fsp3) is 0.176. The third-order valence-electron chi connectivity index (χ3n) is 3.37. The van der Waals surface area contributed by atoms with Gasteiger partial charge in [-0.25, -0.2) is 4.98 Å². The zero-order valence-electron chi connectivity index (χ0n) is 12.8. The highest BCUT2D eigenvalue weighted by Crippen LogP contribution is 2.21. The summed E-state index contributed by atoms with van der Waals surface area (Å²) in [5.41, 5.74) is 3.78. The van der Waals surface area contributed by atoms with Crippen LogP contribution >= 0.6 is 28.7 Å². The van der Waals surface area contributed by atoms with Crippen molar-refractivity contribution in [3.63, 3.8) is 0 Å². The van der Waals surface area contributed by atoms with Crippen molar-refractivity contribution in [1.82, 2.24) is 9.97 Å². The highest BCUT2D eigenvalue weighted by Gasteiger charge is 2.09. The molecule has 1 heterocycles. The van der Waals surface area contributed by atoms with E-state index in [4.69, 9.17) is 4.74 Å². The van der Waals surface area contributed by atoms with E-state index in [2.05, 4.69) is 16.0 Å². The minimum Gasteiger partial charge on any atom is -0.497 e. The predicted octanol–water partition coefficient (Wildman–Crippen LogP) is 4.43. The number of thioether (sulfide) groups is 1. The van der Waals surface area contributed by atoms with Gasteiger partial charge in [-0.1, -0.05) is 17.8 Å². The van der Waals surface area contributed by atoms with Crippen molar-refractivity contribution in [1.29, 1.82) is 0 Å². The van der Waals surface area contributed by atoms with Crippen LogP contribution in [0.1, 0.15) is 15.9 Å². The number of fused-ring (bicyclic) bond motifs is 1. The quantitative estimate of drug-likeness (QED) is 0.515. The first-order chi connectivity index (χ1) is 10.7. The molecule has 3 aromatic rings. The monoisotopic (exact) mass is 392 g/mol. The lowest BCUT2D eigenvalue weighted by Gasteiger charge is -2.02. The summed E-state index contributed by atoms with van der Waals surface area (Å²) in [6.07, 6.45) is 0. The molecule has 0 aliphatic heterocycles. The van der Waals surface area contributed by atoms with Gasteiger partial charge >= 0.3 is 0 Å². The van der Waals surface area contributed by atoms with Crippen molar-refractivity contribution >= 4 is 45.6 Å². The Hall–Kier alpha value is -1.79. The molecule has 0 atom stereocenters. The molecule has 1 aromatic heterocycles. The molecule has 0 spiro atoms. The summed E-state index contributed by atoms with van der Waals surface area (Å²) in [5, 5.41) is 0.766. The number of benzene rings is 2. The SMILES string of the molecule is Br.COc1ccc(C(=O)CSc2nc3ccc(C)cc3[nH]2)cc1. The topological polar surface area (TPSA) is 55.0 Å². The molecule has 0 radical (unpaired) electrons. The highest BCUT2D eigenvalue weighted by molar-refractivity contribution is 8.93. The van der Waals surface area contributed by atoms with E-state index < -0.39 is 0 Å². The Bertz CT molecular complexity index is 815. The second kappa shape index (κ2) is 7.66. The Balaban J connectivity index is 0.00000192. The molecule has 0 bridgehead atoms. The number of aromatic nitrogens is 2.